The number of halogens is 2. The standard InChI is InChI=1S/C22H26ClFNO6P/c1-2-30-21(26)13-17(25-22-20(31-22)9-10-32(27,28)29)11-14-3-5-15(6-4-14)18-12-16(23)7-8-19(18)24/h3-8,12,17,20,22,25H,2,9-11,13H2,1H3,(H2,27,28,29)/t17-,20?,22?/m1/s1. The first kappa shape index (κ1) is 24.8. The Bertz CT molecular complexity index is 983. The fourth-order valence-corrected chi connectivity index (χ4v) is 4.23. The first-order valence-electron chi connectivity index (χ1n) is 10.3. The maximum Gasteiger partial charge on any atom is 0.325 e. The van der Waals surface area contributed by atoms with Crippen molar-refractivity contribution in [2.24, 2.45) is 0 Å². The molecule has 1 fully saturated rings. The first-order valence-corrected chi connectivity index (χ1v) is 12.5. The van der Waals surface area contributed by atoms with Crippen LogP contribution >= 0.6 is 19.2 Å². The zero-order chi connectivity index (χ0) is 23.3. The average Bonchev–Trinajstić information content (AvgIpc) is 3.46. The number of hydrogen-bond acceptors (Lipinski definition) is 5. The number of hydrogen-bond donors (Lipinski definition) is 3. The summed E-state index contributed by atoms with van der Waals surface area (Å²) in [5.41, 5.74) is 2.02. The van der Waals surface area contributed by atoms with Crippen molar-refractivity contribution in [2.45, 2.75) is 44.6 Å². The summed E-state index contributed by atoms with van der Waals surface area (Å²) < 4.78 is 35.7. The maximum absolute atomic E-state index is 14.1. The van der Waals surface area contributed by atoms with Gasteiger partial charge in [-0.3, -0.25) is 14.7 Å². The van der Waals surface area contributed by atoms with Crippen LogP contribution in [0.15, 0.2) is 42.5 Å². The molecular formula is C22H26ClFNO6P. The van der Waals surface area contributed by atoms with Gasteiger partial charge < -0.3 is 19.3 Å². The third-order valence-corrected chi connectivity index (χ3v) is 6.16. The lowest BCUT2D eigenvalue weighted by molar-refractivity contribution is -0.143. The van der Waals surface area contributed by atoms with Gasteiger partial charge in [0.25, 0.3) is 0 Å². The summed E-state index contributed by atoms with van der Waals surface area (Å²) >= 11 is 5.98. The van der Waals surface area contributed by atoms with Gasteiger partial charge in [0.2, 0.25) is 0 Å². The molecule has 3 atom stereocenters. The normalized spacial score (nSPS) is 18.9. The molecule has 3 N–H and O–H groups in total. The number of benzene rings is 2. The minimum atomic E-state index is -4.08. The van der Waals surface area contributed by atoms with E-state index in [0.29, 0.717) is 22.6 Å². The average molecular weight is 486 g/mol. The molecule has 1 heterocycles. The molecule has 0 amide bonds. The minimum Gasteiger partial charge on any atom is -0.466 e. The Morgan fingerprint density at radius 3 is 2.66 bits per heavy atom. The molecule has 10 heteroatoms. The van der Waals surface area contributed by atoms with Gasteiger partial charge in [-0.05, 0) is 49.1 Å². The molecule has 0 saturated carbocycles. The number of rotatable bonds is 11. The number of ether oxygens (including phenoxy) is 2. The van der Waals surface area contributed by atoms with E-state index in [9.17, 15) is 13.8 Å². The molecule has 7 nitrogen and oxygen atoms in total. The van der Waals surface area contributed by atoms with E-state index in [1.807, 2.05) is 12.1 Å². The Labute approximate surface area is 191 Å². The van der Waals surface area contributed by atoms with Crippen molar-refractivity contribution in [1.29, 1.82) is 0 Å². The molecule has 0 spiro atoms. The number of esters is 1. The van der Waals surface area contributed by atoms with Gasteiger partial charge in [-0.15, -0.1) is 0 Å². The highest BCUT2D eigenvalue weighted by molar-refractivity contribution is 7.51. The van der Waals surface area contributed by atoms with Crippen LogP contribution in [0, 0.1) is 5.82 Å². The Morgan fingerprint density at radius 1 is 1.28 bits per heavy atom. The van der Waals surface area contributed by atoms with E-state index in [1.165, 1.54) is 12.1 Å². The molecule has 2 unspecified atom stereocenters. The van der Waals surface area contributed by atoms with Crippen LogP contribution in [0.5, 0.6) is 0 Å². The van der Waals surface area contributed by atoms with Crippen molar-refractivity contribution >= 4 is 25.2 Å². The van der Waals surface area contributed by atoms with Crippen LogP contribution in [0.4, 0.5) is 4.39 Å². The molecule has 3 rings (SSSR count). The van der Waals surface area contributed by atoms with Crippen molar-refractivity contribution in [3.05, 3.63) is 58.9 Å². The molecule has 2 aromatic rings. The minimum absolute atomic E-state index is 0.115. The second kappa shape index (κ2) is 10.9. The van der Waals surface area contributed by atoms with E-state index >= 15 is 0 Å². The van der Waals surface area contributed by atoms with Gasteiger partial charge in [0.1, 0.15) is 12.0 Å². The number of carbonyl (C=O) groups is 1. The zero-order valence-corrected chi connectivity index (χ0v) is 19.2. The fourth-order valence-electron chi connectivity index (χ4n) is 3.47. The van der Waals surface area contributed by atoms with E-state index < -0.39 is 7.60 Å². The summed E-state index contributed by atoms with van der Waals surface area (Å²) in [5.74, 6) is -0.716. The van der Waals surface area contributed by atoms with E-state index in [0.717, 1.165) is 5.56 Å². The summed E-state index contributed by atoms with van der Waals surface area (Å²) in [6.07, 6.45) is -0.0963. The lowest BCUT2D eigenvalue weighted by atomic mass is 9.99. The summed E-state index contributed by atoms with van der Waals surface area (Å²) in [4.78, 5) is 30.1. The van der Waals surface area contributed by atoms with Gasteiger partial charge in [-0.25, -0.2) is 4.39 Å². The van der Waals surface area contributed by atoms with Crippen LogP contribution in [0.3, 0.4) is 0 Å². The molecule has 1 saturated heterocycles. The third-order valence-electron chi connectivity index (χ3n) is 5.08. The second-order valence-electron chi connectivity index (χ2n) is 7.67. The van der Waals surface area contributed by atoms with Crippen molar-refractivity contribution < 1.29 is 33.0 Å². The molecule has 1 aliphatic heterocycles. The van der Waals surface area contributed by atoms with E-state index in [4.69, 9.17) is 30.9 Å². The Balaban J connectivity index is 1.64. The quantitative estimate of drug-likeness (QED) is 0.252. The van der Waals surface area contributed by atoms with Gasteiger partial charge in [-0.2, -0.15) is 0 Å². The molecule has 174 valence electrons. The number of carbonyl (C=O) groups excluding carboxylic acids is 1. The van der Waals surface area contributed by atoms with Gasteiger partial charge >= 0.3 is 13.6 Å². The maximum atomic E-state index is 14.1. The van der Waals surface area contributed by atoms with E-state index in [1.54, 1.807) is 25.1 Å². The lowest BCUT2D eigenvalue weighted by Crippen LogP contribution is -2.37. The van der Waals surface area contributed by atoms with Crippen molar-refractivity contribution in [3.63, 3.8) is 0 Å². The van der Waals surface area contributed by atoms with Gasteiger partial charge in [0.05, 0.1) is 25.3 Å². The Hall–Kier alpha value is -1.80. The fraction of sp³-hybridized carbons (Fsp3) is 0.409. The molecule has 0 radical (unpaired) electrons. The monoisotopic (exact) mass is 485 g/mol. The molecule has 0 bridgehead atoms. The van der Waals surface area contributed by atoms with Crippen LogP contribution in [-0.2, 0) is 25.3 Å². The predicted octanol–water partition coefficient (Wildman–Crippen LogP) is 3.89. The van der Waals surface area contributed by atoms with Crippen molar-refractivity contribution in [3.8, 4) is 11.1 Å². The lowest BCUT2D eigenvalue weighted by Gasteiger charge is -2.17. The summed E-state index contributed by atoms with van der Waals surface area (Å²) in [6, 6.07) is 11.4. The highest BCUT2D eigenvalue weighted by atomic mass is 35.5. The predicted molar refractivity (Wildman–Crippen MR) is 119 cm³/mol. The highest BCUT2D eigenvalue weighted by Gasteiger charge is 2.41. The number of nitrogens with one attached hydrogen (secondary N) is 1. The summed E-state index contributed by atoms with van der Waals surface area (Å²) in [6.45, 7) is 2.01. The van der Waals surface area contributed by atoms with Gasteiger partial charge in [0, 0.05) is 16.6 Å². The van der Waals surface area contributed by atoms with E-state index in [-0.39, 0.29) is 55.8 Å². The molecular weight excluding hydrogens is 460 g/mol. The van der Waals surface area contributed by atoms with Crippen LogP contribution in [0.1, 0.15) is 25.3 Å². The van der Waals surface area contributed by atoms with E-state index in [2.05, 4.69) is 5.32 Å². The molecule has 0 aliphatic carbocycles. The van der Waals surface area contributed by atoms with Crippen LogP contribution < -0.4 is 5.32 Å². The van der Waals surface area contributed by atoms with Crippen LogP contribution in [0.2, 0.25) is 5.02 Å². The largest absolute Gasteiger partial charge is 0.466 e. The zero-order valence-electron chi connectivity index (χ0n) is 17.5. The third kappa shape index (κ3) is 7.66. The molecule has 2 aromatic carbocycles. The van der Waals surface area contributed by atoms with Crippen molar-refractivity contribution in [1.82, 2.24) is 5.32 Å². The summed E-state index contributed by atoms with van der Waals surface area (Å²) in [5, 5.41) is 3.67. The summed E-state index contributed by atoms with van der Waals surface area (Å²) in [7, 11) is -4.08. The highest BCUT2D eigenvalue weighted by Crippen LogP contribution is 2.38. The topological polar surface area (TPSA) is 108 Å². The Morgan fingerprint density at radius 2 is 2.00 bits per heavy atom. The molecule has 0 aromatic heterocycles. The molecule has 32 heavy (non-hydrogen) atoms. The SMILES string of the molecule is CCOC(=O)C[C@@H](Cc1ccc(-c2cc(Cl)ccc2F)cc1)NC1OC1CCP(=O)(O)O. The van der Waals surface area contributed by atoms with Crippen molar-refractivity contribution in [2.75, 3.05) is 12.8 Å². The smallest absolute Gasteiger partial charge is 0.325 e. The Kier molecular flexibility index (Phi) is 8.44. The number of epoxide rings is 1. The van der Waals surface area contributed by atoms with Gasteiger partial charge in [-0.1, -0.05) is 35.9 Å². The van der Waals surface area contributed by atoms with Gasteiger partial charge in [0.15, 0.2) is 0 Å². The van der Waals surface area contributed by atoms with Crippen LogP contribution in [-0.4, -0.2) is 46.9 Å². The molecule has 1 aliphatic rings. The second-order valence-corrected chi connectivity index (χ2v) is 9.88. The van der Waals surface area contributed by atoms with Crippen LogP contribution in [0.25, 0.3) is 11.1 Å². The first-order chi connectivity index (χ1) is 15.1.